The van der Waals surface area contributed by atoms with Crippen molar-refractivity contribution in [2.24, 2.45) is 0 Å². The van der Waals surface area contributed by atoms with Crippen molar-refractivity contribution < 1.29 is 24.5 Å². The fourth-order valence-corrected chi connectivity index (χ4v) is 7.70. The van der Waals surface area contributed by atoms with Crippen molar-refractivity contribution in [3.8, 4) is 0 Å². The van der Waals surface area contributed by atoms with Crippen molar-refractivity contribution in [2.75, 3.05) is 6.61 Å². The van der Waals surface area contributed by atoms with Crippen molar-refractivity contribution >= 4 is 11.9 Å². The number of esters is 1. The molecule has 3 atom stereocenters. The normalized spacial score (nSPS) is 13.7. The lowest BCUT2D eigenvalue weighted by Gasteiger charge is -2.24. The molecule has 3 unspecified atom stereocenters. The summed E-state index contributed by atoms with van der Waals surface area (Å²) in [7, 11) is 0. The van der Waals surface area contributed by atoms with Crippen molar-refractivity contribution in [3.63, 3.8) is 0 Å². The lowest BCUT2D eigenvalue weighted by atomic mass is 10.0. The predicted molar refractivity (Wildman–Crippen MR) is 264 cm³/mol. The first kappa shape index (κ1) is 58.6. The van der Waals surface area contributed by atoms with Crippen LogP contribution in [0, 0.1) is 0 Å². The van der Waals surface area contributed by atoms with Crippen LogP contribution >= 0.6 is 0 Å². The maximum atomic E-state index is 13.2. The van der Waals surface area contributed by atoms with Gasteiger partial charge in [-0.05, 0) is 77.0 Å². The molecule has 0 rings (SSSR count). The molecule has 0 radical (unpaired) electrons. The van der Waals surface area contributed by atoms with E-state index in [1.54, 1.807) is 0 Å². The highest BCUT2D eigenvalue weighted by atomic mass is 16.5. The average molecular weight is 854 g/mol. The summed E-state index contributed by atoms with van der Waals surface area (Å²) in [6.45, 7) is 6.32. The van der Waals surface area contributed by atoms with Crippen LogP contribution in [0.3, 0.4) is 0 Å². The zero-order chi connectivity index (χ0) is 44.5. The van der Waals surface area contributed by atoms with Crippen molar-refractivity contribution in [2.45, 2.75) is 270 Å². The van der Waals surface area contributed by atoms with E-state index in [9.17, 15) is 19.8 Å². The Labute approximate surface area is 378 Å². The van der Waals surface area contributed by atoms with E-state index in [0.29, 0.717) is 19.3 Å². The van der Waals surface area contributed by atoms with E-state index < -0.39 is 18.2 Å². The fraction of sp³-hybridized carbons (Fsp3) is 0.782. The summed E-state index contributed by atoms with van der Waals surface area (Å²) in [5, 5.41) is 23.8. The Morgan fingerprint density at radius 1 is 0.508 bits per heavy atom. The quantitative estimate of drug-likeness (QED) is 0.0245. The van der Waals surface area contributed by atoms with E-state index in [4.69, 9.17) is 4.74 Å². The van der Waals surface area contributed by atoms with Crippen molar-refractivity contribution in [3.05, 3.63) is 60.8 Å². The smallest absolute Gasteiger partial charge is 0.306 e. The Balaban J connectivity index is 4.63. The SMILES string of the molecule is CC/C=C/C=C/C=C/CCCCCCCCCC(=O)OC(CCCCCCC/C=C\C/C=C\CCCCC)CC(=O)NC(CO)C(O)CCCCCCCCCCCCCC. The molecule has 0 aromatic rings. The number of unbranched alkanes of at least 4 members (excludes halogenated alkanes) is 26. The molecule has 0 aliphatic rings. The number of carbonyl (C=O) groups is 2. The molecule has 0 saturated heterocycles. The number of hydrogen-bond acceptors (Lipinski definition) is 5. The highest BCUT2D eigenvalue weighted by molar-refractivity contribution is 5.77. The molecule has 0 aromatic heterocycles. The average Bonchev–Trinajstić information content (AvgIpc) is 3.25. The van der Waals surface area contributed by atoms with Crippen LogP contribution in [0.25, 0.3) is 0 Å². The van der Waals surface area contributed by atoms with Crippen LogP contribution in [0.5, 0.6) is 0 Å². The van der Waals surface area contributed by atoms with E-state index in [0.717, 1.165) is 83.5 Å². The number of aliphatic hydroxyl groups excluding tert-OH is 2. The van der Waals surface area contributed by atoms with Crippen LogP contribution in [0.4, 0.5) is 0 Å². The van der Waals surface area contributed by atoms with Gasteiger partial charge in [0.15, 0.2) is 0 Å². The third kappa shape index (κ3) is 44.0. The van der Waals surface area contributed by atoms with Crippen LogP contribution < -0.4 is 5.32 Å². The number of hydrogen-bond donors (Lipinski definition) is 3. The minimum Gasteiger partial charge on any atom is -0.462 e. The first-order valence-corrected chi connectivity index (χ1v) is 26.0. The monoisotopic (exact) mass is 854 g/mol. The highest BCUT2D eigenvalue weighted by Crippen LogP contribution is 2.18. The summed E-state index contributed by atoms with van der Waals surface area (Å²) in [6.07, 6.45) is 59.9. The molecule has 0 aromatic carbocycles. The van der Waals surface area contributed by atoms with Gasteiger partial charge in [0.1, 0.15) is 6.10 Å². The molecule has 6 heteroatoms. The minimum absolute atomic E-state index is 0.0623. The summed E-state index contributed by atoms with van der Waals surface area (Å²) < 4.78 is 5.93. The zero-order valence-corrected chi connectivity index (χ0v) is 40.3. The fourth-order valence-electron chi connectivity index (χ4n) is 7.70. The van der Waals surface area contributed by atoms with Gasteiger partial charge in [0.25, 0.3) is 0 Å². The van der Waals surface area contributed by atoms with Crippen molar-refractivity contribution in [1.29, 1.82) is 0 Å². The van der Waals surface area contributed by atoms with Gasteiger partial charge in [0.2, 0.25) is 5.91 Å². The molecule has 0 saturated carbocycles. The van der Waals surface area contributed by atoms with Crippen molar-refractivity contribution in [1.82, 2.24) is 5.32 Å². The van der Waals surface area contributed by atoms with Crippen LogP contribution in [0.15, 0.2) is 60.8 Å². The van der Waals surface area contributed by atoms with Gasteiger partial charge in [-0.2, -0.15) is 0 Å². The number of aliphatic hydroxyl groups is 2. The largest absolute Gasteiger partial charge is 0.462 e. The summed E-state index contributed by atoms with van der Waals surface area (Å²) >= 11 is 0. The molecule has 0 heterocycles. The molecule has 61 heavy (non-hydrogen) atoms. The lowest BCUT2D eigenvalue weighted by Crippen LogP contribution is -2.46. The summed E-state index contributed by atoms with van der Waals surface area (Å²) in [4.78, 5) is 26.2. The van der Waals surface area contributed by atoms with Crippen LogP contribution in [-0.4, -0.2) is 46.9 Å². The van der Waals surface area contributed by atoms with E-state index >= 15 is 0 Å². The van der Waals surface area contributed by atoms with E-state index in [-0.39, 0.29) is 24.9 Å². The number of allylic oxidation sites excluding steroid dienone is 10. The van der Waals surface area contributed by atoms with Gasteiger partial charge in [0, 0.05) is 6.42 Å². The molecule has 6 nitrogen and oxygen atoms in total. The Kier molecular flexibility index (Phi) is 46.6. The predicted octanol–water partition coefficient (Wildman–Crippen LogP) is 15.6. The van der Waals surface area contributed by atoms with Gasteiger partial charge in [-0.25, -0.2) is 0 Å². The van der Waals surface area contributed by atoms with Crippen LogP contribution in [-0.2, 0) is 14.3 Å². The summed E-state index contributed by atoms with van der Waals surface area (Å²) in [5.41, 5.74) is 0. The van der Waals surface area contributed by atoms with Gasteiger partial charge >= 0.3 is 5.97 Å². The van der Waals surface area contributed by atoms with E-state index in [1.165, 1.54) is 122 Å². The number of carbonyl (C=O) groups excluding carboxylic acids is 2. The second-order valence-corrected chi connectivity index (χ2v) is 17.6. The third-order valence-corrected chi connectivity index (χ3v) is 11.6. The van der Waals surface area contributed by atoms with E-state index in [1.807, 2.05) is 0 Å². The van der Waals surface area contributed by atoms with Gasteiger partial charge in [0.05, 0.1) is 25.2 Å². The zero-order valence-electron chi connectivity index (χ0n) is 40.3. The minimum atomic E-state index is -0.794. The summed E-state index contributed by atoms with van der Waals surface area (Å²) in [6, 6.07) is -0.709. The highest BCUT2D eigenvalue weighted by Gasteiger charge is 2.24. The molecule has 0 spiro atoms. The first-order valence-electron chi connectivity index (χ1n) is 26.0. The van der Waals surface area contributed by atoms with E-state index in [2.05, 4.69) is 86.8 Å². The van der Waals surface area contributed by atoms with Gasteiger partial charge in [-0.3, -0.25) is 9.59 Å². The molecular weight excluding hydrogens is 755 g/mol. The first-order chi connectivity index (χ1) is 30.0. The molecule has 1 amide bonds. The Bertz CT molecular complexity index is 1090. The molecule has 0 aliphatic carbocycles. The number of amides is 1. The molecule has 0 fully saturated rings. The number of nitrogens with one attached hydrogen (secondary N) is 1. The number of ether oxygens (including phenoxy) is 1. The summed E-state index contributed by atoms with van der Waals surface area (Å²) in [5.74, 6) is -0.499. The maximum absolute atomic E-state index is 13.2. The van der Waals surface area contributed by atoms with Crippen LogP contribution in [0.1, 0.15) is 252 Å². The standard InChI is InChI=1S/C55H99NO5/c1-4-7-10-13-16-19-22-25-27-29-31-34-37-40-43-46-51(61-55(60)48-45-42-39-36-33-30-28-26-23-20-17-14-11-8-5-2)49-54(59)56-52(50-57)53(58)47-44-41-38-35-32-24-21-18-15-12-9-6-3/h8,11,14,16-17,19-20,23,25,27,51-53,57-58H,4-7,9-10,12-13,15,18,21-22,24,26,28-50H2,1-3H3,(H,56,59)/b11-8+,17-14+,19-16-,23-20+,27-25-. The van der Waals surface area contributed by atoms with Gasteiger partial charge in [-0.15, -0.1) is 0 Å². The second kappa shape index (κ2) is 48.6. The second-order valence-electron chi connectivity index (χ2n) is 17.6. The Hall–Kier alpha value is -2.44. The van der Waals surface area contributed by atoms with Gasteiger partial charge in [-0.1, -0.05) is 223 Å². The number of rotatable bonds is 46. The van der Waals surface area contributed by atoms with Gasteiger partial charge < -0.3 is 20.3 Å². The maximum Gasteiger partial charge on any atom is 0.306 e. The Morgan fingerprint density at radius 2 is 0.951 bits per heavy atom. The van der Waals surface area contributed by atoms with Crippen LogP contribution in [0.2, 0.25) is 0 Å². The lowest BCUT2D eigenvalue weighted by molar-refractivity contribution is -0.151. The Morgan fingerprint density at radius 3 is 1.49 bits per heavy atom. The topological polar surface area (TPSA) is 95.9 Å². The molecule has 354 valence electrons. The molecule has 0 bridgehead atoms. The molecule has 3 N–H and O–H groups in total. The molecule has 0 aliphatic heterocycles. The molecular formula is C55H99NO5. The third-order valence-electron chi connectivity index (χ3n) is 11.6.